The first-order valence-electron chi connectivity index (χ1n) is 10.5. The molecule has 4 fully saturated rings. The topological polar surface area (TPSA) is 76.7 Å². The van der Waals surface area contributed by atoms with Crippen LogP contribution in [0.25, 0.3) is 0 Å². The molecule has 0 spiro atoms. The molecule has 0 aromatic heterocycles. The van der Waals surface area contributed by atoms with E-state index >= 15 is 0 Å². The highest BCUT2D eigenvalue weighted by molar-refractivity contribution is 9.10. The zero-order chi connectivity index (χ0) is 20.6. The first-order chi connectivity index (χ1) is 13.9. The highest BCUT2D eigenvalue weighted by Crippen LogP contribution is 2.64. The van der Waals surface area contributed by atoms with Gasteiger partial charge in [-0.25, -0.2) is 0 Å². The van der Waals surface area contributed by atoms with Crippen molar-refractivity contribution in [2.24, 2.45) is 17.3 Å². The standard InChI is InChI=1S/C22H29BrN2O4/c1-3-6-29-17-5-4-16(8-18(17)28-2)19(26)24-25-20(27)21-9-14-7-15(10-21)12-22(23,11-14)13-21/h4-5,8,14-15H,3,6-7,9-13H2,1-2H3,(H,24,26)(H,25,27). The number of benzene rings is 1. The van der Waals surface area contributed by atoms with E-state index in [0.29, 0.717) is 35.5 Å². The van der Waals surface area contributed by atoms with Crippen LogP contribution in [0.3, 0.4) is 0 Å². The number of halogens is 1. The molecule has 4 bridgehead atoms. The van der Waals surface area contributed by atoms with E-state index in [4.69, 9.17) is 9.47 Å². The smallest absolute Gasteiger partial charge is 0.269 e. The quantitative estimate of drug-likeness (QED) is 0.492. The van der Waals surface area contributed by atoms with E-state index in [1.54, 1.807) is 25.3 Å². The normalized spacial score (nSPS) is 32.0. The second-order valence-electron chi connectivity index (χ2n) is 9.01. The molecule has 7 heteroatoms. The van der Waals surface area contributed by atoms with Crippen molar-refractivity contribution in [3.63, 3.8) is 0 Å². The Kier molecular flexibility index (Phi) is 5.53. The van der Waals surface area contributed by atoms with Gasteiger partial charge in [0.25, 0.3) is 5.91 Å². The van der Waals surface area contributed by atoms with Gasteiger partial charge in [0.15, 0.2) is 11.5 Å². The number of methoxy groups -OCH3 is 1. The van der Waals surface area contributed by atoms with E-state index in [1.165, 1.54) is 6.42 Å². The zero-order valence-electron chi connectivity index (χ0n) is 17.1. The second-order valence-corrected chi connectivity index (χ2v) is 10.7. The number of nitrogens with one attached hydrogen (secondary N) is 2. The average molecular weight is 465 g/mol. The van der Waals surface area contributed by atoms with Gasteiger partial charge in [-0.1, -0.05) is 22.9 Å². The van der Waals surface area contributed by atoms with Crippen molar-refractivity contribution >= 4 is 27.7 Å². The first kappa shape index (κ1) is 20.5. The third-order valence-corrected chi connectivity index (χ3v) is 7.58. The molecule has 158 valence electrons. The minimum absolute atomic E-state index is 0.0568. The summed E-state index contributed by atoms with van der Waals surface area (Å²) in [5.74, 6) is 1.90. The second kappa shape index (κ2) is 7.82. The summed E-state index contributed by atoms with van der Waals surface area (Å²) in [4.78, 5) is 25.7. The Labute approximate surface area is 180 Å². The number of ether oxygens (including phenoxy) is 2. The van der Waals surface area contributed by atoms with Gasteiger partial charge < -0.3 is 9.47 Å². The number of amides is 2. The van der Waals surface area contributed by atoms with Crippen molar-refractivity contribution < 1.29 is 19.1 Å². The van der Waals surface area contributed by atoms with Crippen LogP contribution < -0.4 is 20.3 Å². The van der Waals surface area contributed by atoms with Crippen LogP contribution in [0, 0.1) is 17.3 Å². The third kappa shape index (κ3) is 3.98. The van der Waals surface area contributed by atoms with Crippen LogP contribution in [0.2, 0.25) is 0 Å². The van der Waals surface area contributed by atoms with Crippen LogP contribution in [-0.4, -0.2) is 29.9 Å². The molecule has 5 rings (SSSR count). The van der Waals surface area contributed by atoms with Crippen molar-refractivity contribution in [1.29, 1.82) is 0 Å². The fourth-order valence-corrected chi connectivity index (χ4v) is 7.33. The lowest BCUT2D eigenvalue weighted by molar-refractivity contribution is -0.144. The van der Waals surface area contributed by atoms with Gasteiger partial charge in [-0.3, -0.25) is 20.4 Å². The average Bonchev–Trinajstić information content (AvgIpc) is 2.68. The SMILES string of the molecule is CCCOc1ccc(C(=O)NNC(=O)C23CC4CC(CC(Br)(C4)C2)C3)cc1OC. The van der Waals surface area contributed by atoms with E-state index in [1.807, 2.05) is 6.92 Å². The molecule has 0 saturated heterocycles. The molecule has 2 amide bonds. The highest BCUT2D eigenvalue weighted by atomic mass is 79.9. The molecule has 29 heavy (non-hydrogen) atoms. The monoisotopic (exact) mass is 464 g/mol. The lowest BCUT2D eigenvalue weighted by atomic mass is 9.49. The Bertz CT molecular complexity index is 798. The van der Waals surface area contributed by atoms with Crippen molar-refractivity contribution in [3.8, 4) is 11.5 Å². The maximum Gasteiger partial charge on any atom is 0.269 e. The number of hydrogen-bond donors (Lipinski definition) is 2. The van der Waals surface area contributed by atoms with Crippen LogP contribution in [0.4, 0.5) is 0 Å². The Hall–Kier alpha value is -1.76. The Morgan fingerprint density at radius 2 is 1.86 bits per heavy atom. The number of hydrogen-bond acceptors (Lipinski definition) is 4. The van der Waals surface area contributed by atoms with Gasteiger partial charge in [0.1, 0.15) is 0 Å². The molecule has 1 aromatic carbocycles. The first-order valence-corrected chi connectivity index (χ1v) is 11.3. The summed E-state index contributed by atoms with van der Waals surface area (Å²) in [5.41, 5.74) is 5.36. The number of carbonyl (C=O) groups excluding carboxylic acids is 2. The predicted octanol–water partition coefficient (Wildman–Crippen LogP) is 3.98. The maximum absolute atomic E-state index is 13.1. The predicted molar refractivity (Wildman–Crippen MR) is 113 cm³/mol. The van der Waals surface area contributed by atoms with Crippen LogP contribution in [-0.2, 0) is 4.79 Å². The third-order valence-electron chi connectivity index (χ3n) is 6.65. The molecule has 6 nitrogen and oxygen atoms in total. The van der Waals surface area contributed by atoms with Crippen molar-refractivity contribution in [3.05, 3.63) is 23.8 Å². The van der Waals surface area contributed by atoms with E-state index in [0.717, 1.165) is 38.5 Å². The highest BCUT2D eigenvalue weighted by Gasteiger charge is 2.59. The largest absolute Gasteiger partial charge is 0.493 e. The minimum atomic E-state index is -0.365. The molecule has 2 N–H and O–H groups in total. The molecule has 0 aliphatic heterocycles. The lowest BCUT2D eigenvalue weighted by Crippen LogP contribution is -2.60. The fraction of sp³-hybridized carbons (Fsp3) is 0.636. The Balaban J connectivity index is 1.40. The fourth-order valence-electron chi connectivity index (χ4n) is 5.87. The molecule has 0 radical (unpaired) electrons. The molecule has 2 unspecified atom stereocenters. The van der Waals surface area contributed by atoms with Crippen LogP contribution >= 0.6 is 15.9 Å². The summed E-state index contributed by atoms with van der Waals surface area (Å²) >= 11 is 3.92. The molecule has 2 atom stereocenters. The van der Waals surface area contributed by atoms with Crippen LogP contribution in [0.1, 0.15) is 62.2 Å². The van der Waals surface area contributed by atoms with Crippen LogP contribution in [0.5, 0.6) is 11.5 Å². The van der Waals surface area contributed by atoms with E-state index in [9.17, 15) is 9.59 Å². The number of carbonyl (C=O) groups is 2. The summed E-state index contributed by atoms with van der Waals surface area (Å²) in [6, 6.07) is 5.02. The van der Waals surface area contributed by atoms with E-state index < -0.39 is 0 Å². The Morgan fingerprint density at radius 3 is 2.48 bits per heavy atom. The Morgan fingerprint density at radius 1 is 1.14 bits per heavy atom. The van der Waals surface area contributed by atoms with Gasteiger partial charge in [0, 0.05) is 9.89 Å². The zero-order valence-corrected chi connectivity index (χ0v) is 18.6. The summed E-state index contributed by atoms with van der Waals surface area (Å²) < 4.78 is 11.1. The lowest BCUT2D eigenvalue weighted by Gasteiger charge is -2.59. The molecular weight excluding hydrogens is 436 g/mol. The summed E-state index contributed by atoms with van der Waals surface area (Å²) in [5, 5.41) is 0. The van der Waals surface area contributed by atoms with Crippen molar-refractivity contribution in [1.82, 2.24) is 10.9 Å². The van der Waals surface area contributed by atoms with Crippen molar-refractivity contribution in [2.45, 2.75) is 56.2 Å². The number of rotatable bonds is 6. The van der Waals surface area contributed by atoms with Gasteiger partial charge in [-0.05, 0) is 75.0 Å². The summed E-state index contributed by atoms with van der Waals surface area (Å²) in [6.07, 6.45) is 7.16. The van der Waals surface area contributed by atoms with Gasteiger partial charge in [-0.15, -0.1) is 0 Å². The molecule has 1 aromatic rings. The van der Waals surface area contributed by atoms with Gasteiger partial charge in [0.2, 0.25) is 5.91 Å². The van der Waals surface area contributed by atoms with E-state index in [2.05, 4.69) is 26.8 Å². The molecular formula is C22H29BrN2O4. The minimum Gasteiger partial charge on any atom is -0.493 e. The number of hydrazine groups is 1. The summed E-state index contributed by atoms with van der Waals surface area (Å²) in [7, 11) is 1.54. The van der Waals surface area contributed by atoms with Crippen LogP contribution in [0.15, 0.2) is 18.2 Å². The van der Waals surface area contributed by atoms with Gasteiger partial charge >= 0.3 is 0 Å². The number of alkyl halides is 1. The maximum atomic E-state index is 13.1. The van der Waals surface area contributed by atoms with Gasteiger partial charge in [0.05, 0.1) is 19.1 Å². The van der Waals surface area contributed by atoms with Crippen molar-refractivity contribution in [2.75, 3.05) is 13.7 Å². The summed E-state index contributed by atoms with van der Waals surface area (Å²) in [6.45, 7) is 2.61. The van der Waals surface area contributed by atoms with Gasteiger partial charge in [-0.2, -0.15) is 0 Å². The molecule has 0 heterocycles. The molecule has 4 saturated carbocycles. The molecule has 4 aliphatic rings. The molecule has 4 aliphatic carbocycles. The van der Waals surface area contributed by atoms with E-state index in [-0.39, 0.29) is 21.6 Å².